The minimum absolute atomic E-state index is 0. The van der Waals surface area contributed by atoms with E-state index in [4.69, 9.17) is 5.73 Å². The number of hydrogen-bond donors (Lipinski definition) is 2. The summed E-state index contributed by atoms with van der Waals surface area (Å²) in [6.07, 6.45) is 2.12. The molecule has 1 amide bonds. The van der Waals surface area contributed by atoms with Gasteiger partial charge < -0.3 is 11.1 Å². The van der Waals surface area contributed by atoms with Crippen LogP contribution in [0.25, 0.3) is 0 Å². The van der Waals surface area contributed by atoms with Gasteiger partial charge in [-0.1, -0.05) is 31.2 Å². The smallest absolute Gasteiger partial charge is 0.236 e. The first-order valence-corrected chi connectivity index (χ1v) is 7.46. The van der Waals surface area contributed by atoms with Crippen LogP contribution in [-0.4, -0.2) is 36.0 Å². The number of hydrogen-bond acceptors (Lipinski definition) is 3. The molecule has 0 saturated heterocycles. The topological polar surface area (TPSA) is 58.4 Å². The van der Waals surface area contributed by atoms with Gasteiger partial charge in [-0.25, -0.2) is 0 Å². The maximum atomic E-state index is 11.6. The van der Waals surface area contributed by atoms with E-state index in [9.17, 15) is 4.79 Å². The highest BCUT2D eigenvalue weighted by molar-refractivity contribution is 5.85. The number of nitrogens with two attached hydrogens (primary N) is 1. The van der Waals surface area contributed by atoms with E-state index in [0.29, 0.717) is 12.6 Å². The Morgan fingerprint density at radius 1 is 1.32 bits per heavy atom. The molecule has 1 aromatic carbocycles. The molecule has 0 aliphatic carbocycles. The van der Waals surface area contributed by atoms with Crippen LogP contribution in [0.15, 0.2) is 24.3 Å². The number of carbonyl (C=O) groups excluding carboxylic acids is 1. The molecule has 6 heteroatoms. The number of carbonyl (C=O) groups is 1. The standard InChI is InChI=1S/C16H25N3O.2ClH/c1-3-15(10-18-16(20)12(2)17)19-9-8-13-6-4-5-7-14(13)11-19;;/h4-7,12,15H,3,8-11,17H2,1-2H3,(H,18,20);2*1H/t12-,15?;;/m1../s1. The van der Waals surface area contributed by atoms with Gasteiger partial charge in [0.2, 0.25) is 5.91 Å². The average Bonchev–Trinajstić information content (AvgIpc) is 2.47. The van der Waals surface area contributed by atoms with Crippen molar-refractivity contribution >= 4 is 30.7 Å². The molecule has 22 heavy (non-hydrogen) atoms. The third kappa shape index (κ3) is 5.43. The molecule has 1 unspecified atom stereocenters. The lowest BCUT2D eigenvalue weighted by atomic mass is 9.98. The zero-order chi connectivity index (χ0) is 14.5. The van der Waals surface area contributed by atoms with Gasteiger partial charge in [0, 0.05) is 25.7 Å². The van der Waals surface area contributed by atoms with E-state index in [-0.39, 0.29) is 30.7 Å². The monoisotopic (exact) mass is 347 g/mol. The largest absolute Gasteiger partial charge is 0.353 e. The van der Waals surface area contributed by atoms with E-state index < -0.39 is 6.04 Å². The van der Waals surface area contributed by atoms with E-state index in [1.165, 1.54) is 11.1 Å². The molecule has 0 spiro atoms. The number of amides is 1. The van der Waals surface area contributed by atoms with Crippen LogP contribution >= 0.6 is 24.8 Å². The van der Waals surface area contributed by atoms with Crippen molar-refractivity contribution in [1.29, 1.82) is 0 Å². The second kappa shape index (κ2) is 10.1. The molecule has 2 rings (SSSR count). The highest BCUT2D eigenvalue weighted by atomic mass is 35.5. The fraction of sp³-hybridized carbons (Fsp3) is 0.562. The van der Waals surface area contributed by atoms with Crippen LogP contribution in [0.1, 0.15) is 31.4 Å². The van der Waals surface area contributed by atoms with Gasteiger partial charge in [-0.15, -0.1) is 24.8 Å². The van der Waals surface area contributed by atoms with E-state index in [2.05, 4.69) is 41.4 Å². The number of rotatable bonds is 5. The van der Waals surface area contributed by atoms with Crippen molar-refractivity contribution in [1.82, 2.24) is 10.2 Å². The van der Waals surface area contributed by atoms with Crippen LogP contribution in [0.3, 0.4) is 0 Å². The summed E-state index contributed by atoms with van der Waals surface area (Å²) >= 11 is 0. The maximum Gasteiger partial charge on any atom is 0.236 e. The van der Waals surface area contributed by atoms with E-state index in [0.717, 1.165) is 25.9 Å². The Labute approximate surface area is 145 Å². The van der Waals surface area contributed by atoms with Gasteiger partial charge in [0.25, 0.3) is 0 Å². The van der Waals surface area contributed by atoms with Crippen molar-refractivity contribution in [2.75, 3.05) is 13.1 Å². The van der Waals surface area contributed by atoms with Crippen LogP contribution in [-0.2, 0) is 17.8 Å². The second-order valence-electron chi connectivity index (χ2n) is 5.59. The normalized spacial score (nSPS) is 16.5. The molecule has 1 aromatic rings. The van der Waals surface area contributed by atoms with Crippen molar-refractivity contribution in [3.63, 3.8) is 0 Å². The van der Waals surface area contributed by atoms with Gasteiger partial charge in [0.05, 0.1) is 6.04 Å². The minimum Gasteiger partial charge on any atom is -0.353 e. The lowest BCUT2D eigenvalue weighted by Gasteiger charge is -2.35. The Hall–Kier alpha value is -0.810. The molecule has 0 saturated carbocycles. The molecule has 1 aliphatic rings. The summed E-state index contributed by atoms with van der Waals surface area (Å²) < 4.78 is 0. The summed E-state index contributed by atoms with van der Waals surface area (Å²) in [6.45, 7) is 6.60. The maximum absolute atomic E-state index is 11.6. The van der Waals surface area contributed by atoms with Gasteiger partial charge in [-0.3, -0.25) is 9.69 Å². The summed E-state index contributed by atoms with van der Waals surface area (Å²) in [7, 11) is 0. The fourth-order valence-electron chi connectivity index (χ4n) is 2.74. The molecule has 0 bridgehead atoms. The summed E-state index contributed by atoms with van der Waals surface area (Å²) in [5.41, 5.74) is 8.45. The van der Waals surface area contributed by atoms with Crippen LogP contribution < -0.4 is 11.1 Å². The van der Waals surface area contributed by atoms with E-state index in [1.54, 1.807) is 6.92 Å². The molecule has 3 N–H and O–H groups in total. The Morgan fingerprint density at radius 3 is 2.55 bits per heavy atom. The summed E-state index contributed by atoms with van der Waals surface area (Å²) in [5, 5.41) is 2.95. The molecule has 0 radical (unpaired) electrons. The van der Waals surface area contributed by atoms with Crippen molar-refractivity contribution in [2.45, 2.75) is 45.3 Å². The van der Waals surface area contributed by atoms with E-state index >= 15 is 0 Å². The number of fused-ring (bicyclic) bond motifs is 1. The molecular formula is C16H27Cl2N3O. The lowest BCUT2D eigenvalue weighted by molar-refractivity contribution is -0.122. The molecule has 0 fully saturated rings. The third-order valence-corrected chi connectivity index (χ3v) is 4.07. The van der Waals surface area contributed by atoms with Gasteiger partial charge in [-0.2, -0.15) is 0 Å². The first-order chi connectivity index (χ1) is 9.61. The number of halogens is 2. The zero-order valence-corrected chi connectivity index (χ0v) is 14.9. The summed E-state index contributed by atoms with van der Waals surface area (Å²) in [5.74, 6) is -0.0686. The summed E-state index contributed by atoms with van der Waals surface area (Å²) in [6, 6.07) is 8.57. The quantitative estimate of drug-likeness (QED) is 0.857. The molecule has 1 heterocycles. The molecule has 1 aliphatic heterocycles. The van der Waals surface area contributed by atoms with Crippen molar-refractivity contribution in [2.24, 2.45) is 5.73 Å². The summed E-state index contributed by atoms with van der Waals surface area (Å²) in [4.78, 5) is 14.1. The van der Waals surface area contributed by atoms with Crippen LogP contribution in [0.4, 0.5) is 0 Å². The Balaban J connectivity index is 0.00000220. The predicted molar refractivity (Wildman–Crippen MR) is 95.8 cm³/mol. The van der Waals surface area contributed by atoms with E-state index in [1.807, 2.05) is 0 Å². The van der Waals surface area contributed by atoms with Gasteiger partial charge in [0.15, 0.2) is 0 Å². The lowest BCUT2D eigenvalue weighted by Crippen LogP contribution is -2.48. The first kappa shape index (κ1) is 21.2. The van der Waals surface area contributed by atoms with Gasteiger partial charge in [-0.05, 0) is 30.9 Å². The van der Waals surface area contributed by atoms with Gasteiger partial charge >= 0.3 is 0 Å². The number of nitrogens with one attached hydrogen (secondary N) is 1. The SMILES string of the molecule is CCC(CNC(=O)[C@@H](C)N)N1CCc2ccccc2C1.Cl.Cl. The van der Waals surface area contributed by atoms with Crippen molar-refractivity contribution in [3.8, 4) is 0 Å². The first-order valence-electron chi connectivity index (χ1n) is 7.46. The molecule has 0 aromatic heterocycles. The average molecular weight is 348 g/mol. The Kier molecular flexibility index (Phi) is 9.69. The van der Waals surface area contributed by atoms with Crippen molar-refractivity contribution < 1.29 is 4.79 Å². The zero-order valence-electron chi connectivity index (χ0n) is 13.2. The molecule has 126 valence electrons. The second-order valence-corrected chi connectivity index (χ2v) is 5.59. The molecule has 4 nitrogen and oxygen atoms in total. The van der Waals surface area contributed by atoms with Gasteiger partial charge in [0.1, 0.15) is 0 Å². The highest BCUT2D eigenvalue weighted by Gasteiger charge is 2.22. The van der Waals surface area contributed by atoms with Crippen LogP contribution in [0, 0.1) is 0 Å². The number of nitrogens with zero attached hydrogens (tertiary/aromatic N) is 1. The highest BCUT2D eigenvalue weighted by Crippen LogP contribution is 2.21. The van der Waals surface area contributed by atoms with Crippen LogP contribution in [0.5, 0.6) is 0 Å². The fourth-order valence-corrected chi connectivity index (χ4v) is 2.74. The molecular weight excluding hydrogens is 321 g/mol. The predicted octanol–water partition coefficient (Wildman–Crippen LogP) is 2.13. The molecule has 2 atom stereocenters. The number of benzene rings is 1. The Morgan fingerprint density at radius 2 is 1.95 bits per heavy atom. The minimum atomic E-state index is -0.436. The van der Waals surface area contributed by atoms with Crippen LogP contribution in [0.2, 0.25) is 0 Å². The Bertz CT molecular complexity index is 468. The van der Waals surface area contributed by atoms with Crippen molar-refractivity contribution in [3.05, 3.63) is 35.4 Å². The third-order valence-electron chi connectivity index (χ3n) is 4.07.